The Balaban J connectivity index is 2.32. The largest absolute Gasteiger partial charge is 0.354 e. The lowest BCUT2D eigenvalue weighted by Crippen LogP contribution is -2.21. The zero-order valence-electron chi connectivity index (χ0n) is 11.3. The highest BCUT2D eigenvalue weighted by atomic mass is 16.1. The zero-order valence-corrected chi connectivity index (χ0v) is 11.3. The lowest BCUT2D eigenvalue weighted by molar-refractivity contribution is 0.852. The van der Waals surface area contributed by atoms with Crippen LogP contribution in [0.15, 0.2) is 41.3 Å². The third-order valence-corrected chi connectivity index (χ3v) is 3.57. The van der Waals surface area contributed by atoms with Gasteiger partial charge in [-0.3, -0.25) is 4.79 Å². The maximum Gasteiger partial charge on any atom is 0.268 e. The molecule has 0 spiro atoms. The molecule has 0 amide bonds. The summed E-state index contributed by atoms with van der Waals surface area (Å²) in [6, 6.07) is 12.0. The van der Waals surface area contributed by atoms with E-state index in [0.717, 1.165) is 22.2 Å². The highest BCUT2D eigenvalue weighted by Gasteiger charge is 2.13. The van der Waals surface area contributed by atoms with Gasteiger partial charge in [0.05, 0.1) is 0 Å². The number of hydrogen-bond donors (Lipinski definition) is 1. The van der Waals surface area contributed by atoms with Gasteiger partial charge in [0.1, 0.15) is 11.6 Å². The lowest BCUT2D eigenvalue weighted by Gasteiger charge is -2.08. The molecule has 0 radical (unpaired) electrons. The van der Waals surface area contributed by atoms with Gasteiger partial charge in [0.25, 0.3) is 5.56 Å². The molecular formula is C16H13N3O. The molecule has 20 heavy (non-hydrogen) atoms. The van der Waals surface area contributed by atoms with Gasteiger partial charge in [-0.25, -0.2) is 0 Å². The quantitative estimate of drug-likeness (QED) is 0.733. The fourth-order valence-corrected chi connectivity index (χ4v) is 2.44. The number of rotatable bonds is 1. The molecule has 2 heterocycles. The maximum absolute atomic E-state index is 11.9. The molecule has 0 fully saturated rings. The average molecular weight is 263 g/mol. The second-order valence-corrected chi connectivity index (χ2v) is 4.84. The van der Waals surface area contributed by atoms with E-state index < -0.39 is 0 Å². The zero-order chi connectivity index (χ0) is 14.3. The van der Waals surface area contributed by atoms with E-state index in [2.05, 4.69) is 4.98 Å². The van der Waals surface area contributed by atoms with Crippen LogP contribution >= 0.6 is 0 Å². The molecule has 3 rings (SSSR count). The number of aromatic amines is 1. The first kappa shape index (κ1) is 12.2. The fraction of sp³-hybridized carbons (Fsp3) is 0.125. The summed E-state index contributed by atoms with van der Waals surface area (Å²) in [5.41, 5.74) is 3.47. The van der Waals surface area contributed by atoms with Gasteiger partial charge >= 0.3 is 0 Å². The maximum atomic E-state index is 11.9. The minimum atomic E-state index is -0.259. The number of hydrogen-bond acceptors (Lipinski definition) is 2. The highest BCUT2D eigenvalue weighted by Crippen LogP contribution is 2.26. The van der Waals surface area contributed by atoms with Crippen molar-refractivity contribution in [2.75, 3.05) is 0 Å². The van der Waals surface area contributed by atoms with Crippen molar-refractivity contribution >= 4 is 10.9 Å². The Morgan fingerprint density at radius 1 is 1.30 bits per heavy atom. The van der Waals surface area contributed by atoms with Gasteiger partial charge in [0.2, 0.25) is 0 Å². The summed E-state index contributed by atoms with van der Waals surface area (Å²) in [4.78, 5) is 15.2. The minimum Gasteiger partial charge on any atom is -0.354 e. The predicted octanol–water partition coefficient (Wildman–Crippen LogP) is 2.71. The van der Waals surface area contributed by atoms with Crippen molar-refractivity contribution in [1.29, 1.82) is 5.26 Å². The number of para-hydroxylation sites is 1. The number of aryl methyl sites for hydroxylation is 1. The number of pyridine rings is 1. The van der Waals surface area contributed by atoms with Crippen LogP contribution in [0, 0.1) is 18.3 Å². The van der Waals surface area contributed by atoms with Crippen molar-refractivity contribution in [3.8, 4) is 17.3 Å². The van der Waals surface area contributed by atoms with Gasteiger partial charge in [-0.15, -0.1) is 0 Å². The van der Waals surface area contributed by atoms with E-state index in [0.29, 0.717) is 5.56 Å². The molecule has 98 valence electrons. The van der Waals surface area contributed by atoms with Crippen LogP contribution in [0.25, 0.3) is 22.2 Å². The molecular weight excluding hydrogens is 250 g/mol. The van der Waals surface area contributed by atoms with E-state index in [1.165, 1.54) is 4.57 Å². The molecule has 4 nitrogen and oxygen atoms in total. The van der Waals surface area contributed by atoms with E-state index >= 15 is 0 Å². The van der Waals surface area contributed by atoms with Crippen molar-refractivity contribution in [2.24, 2.45) is 7.05 Å². The smallest absolute Gasteiger partial charge is 0.268 e. The van der Waals surface area contributed by atoms with Crippen LogP contribution in [0.1, 0.15) is 11.1 Å². The predicted molar refractivity (Wildman–Crippen MR) is 78.4 cm³/mol. The van der Waals surface area contributed by atoms with Crippen molar-refractivity contribution in [3.05, 3.63) is 58.0 Å². The van der Waals surface area contributed by atoms with Gasteiger partial charge in [0, 0.05) is 35.4 Å². The molecule has 3 aromatic rings. The van der Waals surface area contributed by atoms with Gasteiger partial charge in [-0.2, -0.15) is 5.26 Å². The summed E-state index contributed by atoms with van der Waals surface area (Å²) in [6.07, 6.45) is 1.77. The SMILES string of the molecule is Cc1c(-c2cc3ccccc3[nH]2)cn(C)c(=O)c1C#N. The van der Waals surface area contributed by atoms with Crippen molar-refractivity contribution in [2.45, 2.75) is 6.92 Å². The summed E-state index contributed by atoms with van der Waals surface area (Å²) in [5, 5.41) is 10.3. The third-order valence-electron chi connectivity index (χ3n) is 3.57. The Hall–Kier alpha value is -2.80. The van der Waals surface area contributed by atoms with Crippen molar-refractivity contribution in [1.82, 2.24) is 9.55 Å². The average Bonchev–Trinajstić information content (AvgIpc) is 2.87. The van der Waals surface area contributed by atoms with E-state index in [4.69, 9.17) is 5.26 Å². The molecule has 2 aromatic heterocycles. The molecule has 0 atom stereocenters. The van der Waals surface area contributed by atoms with Crippen LogP contribution in [0.5, 0.6) is 0 Å². The first-order valence-electron chi connectivity index (χ1n) is 6.30. The molecule has 1 N–H and O–H groups in total. The Labute approximate surface area is 115 Å². The Bertz CT molecular complexity index is 877. The summed E-state index contributed by atoms with van der Waals surface area (Å²) < 4.78 is 1.45. The minimum absolute atomic E-state index is 0.198. The van der Waals surface area contributed by atoms with E-state index in [9.17, 15) is 4.79 Å². The summed E-state index contributed by atoms with van der Waals surface area (Å²) in [6.45, 7) is 1.81. The number of nitrogens with one attached hydrogen (secondary N) is 1. The first-order valence-corrected chi connectivity index (χ1v) is 6.30. The Morgan fingerprint density at radius 2 is 2.05 bits per heavy atom. The van der Waals surface area contributed by atoms with Crippen LogP contribution in [0.2, 0.25) is 0 Å². The van der Waals surface area contributed by atoms with Crippen LogP contribution in [0.3, 0.4) is 0 Å². The second-order valence-electron chi connectivity index (χ2n) is 4.84. The third kappa shape index (κ3) is 1.72. The standard InChI is InChI=1S/C16H13N3O/c1-10-12(8-17)16(20)19(2)9-13(10)15-7-11-5-3-4-6-14(11)18-15/h3-7,9,18H,1-2H3. The van der Waals surface area contributed by atoms with Crippen LogP contribution in [0.4, 0.5) is 0 Å². The molecule has 0 aliphatic heterocycles. The molecule has 0 aliphatic carbocycles. The van der Waals surface area contributed by atoms with Gasteiger partial charge in [0.15, 0.2) is 0 Å². The molecule has 0 saturated heterocycles. The number of fused-ring (bicyclic) bond motifs is 1. The second kappa shape index (κ2) is 4.39. The highest BCUT2D eigenvalue weighted by molar-refractivity contribution is 5.86. The van der Waals surface area contributed by atoms with Gasteiger partial charge in [-0.1, -0.05) is 18.2 Å². The Kier molecular flexibility index (Phi) is 2.69. The molecule has 0 aliphatic rings. The normalized spacial score (nSPS) is 10.7. The summed E-state index contributed by atoms with van der Waals surface area (Å²) in [5.74, 6) is 0. The van der Waals surface area contributed by atoms with E-state index in [1.807, 2.05) is 36.4 Å². The Morgan fingerprint density at radius 3 is 2.75 bits per heavy atom. The molecule has 0 saturated carbocycles. The van der Waals surface area contributed by atoms with Gasteiger partial charge in [-0.05, 0) is 24.6 Å². The molecule has 0 bridgehead atoms. The van der Waals surface area contributed by atoms with Crippen LogP contribution in [-0.2, 0) is 7.05 Å². The van der Waals surface area contributed by atoms with Crippen molar-refractivity contribution < 1.29 is 0 Å². The van der Waals surface area contributed by atoms with Crippen LogP contribution < -0.4 is 5.56 Å². The summed E-state index contributed by atoms with van der Waals surface area (Å²) >= 11 is 0. The van der Waals surface area contributed by atoms with Crippen molar-refractivity contribution in [3.63, 3.8) is 0 Å². The number of nitrogens with zero attached hydrogens (tertiary/aromatic N) is 2. The topological polar surface area (TPSA) is 61.6 Å². The molecule has 1 aromatic carbocycles. The number of aromatic nitrogens is 2. The monoisotopic (exact) mass is 263 g/mol. The number of benzene rings is 1. The summed E-state index contributed by atoms with van der Waals surface area (Å²) in [7, 11) is 1.66. The fourth-order valence-electron chi connectivity index (χ4n) is 2.44. The van der Waals surface area contributed by atoms with E-state index in [1.54, 1.807) is 20.2 Å². The van der Waals surface area contributed by atoms with Crippen LogP contribution in [-0.4, -0.2) is 9.55 Å². The number of H-pyrrole nitrogens is 1. The van der Waals surface area contributed by atoms with E-state index in [-0.39, 0.29) is 11.1 Å². The molecule has 0 unspecified atom stereocenters. The van der Waals surface area contributed by atoms with Gasteiger partial charge < -0.3 is 9.55 Å². The lowest BCUT2D eigenvalue weighted by atomic mass is 10.0. The molecule has 4 heteroatoms. The first-order chi connectivity index (χ1) is 9.61. The number of nitriles is 1.